The summed E-state index contributed by atoms with van der Waals surface area (Å²) in [6.45, 7) is 0.351. The van der Waals surface area contributed by atoms with Gasteiger partial charge in [-0.15, -0.1) is 0 Å². The van der Waals surface area contributed by atoms with Crippen LogP contribution in [0.4, 0.5) is 0 Å². The van der Waals surface area contributed by atoms with Gasteiger partial charge in [-0.3, -0.25) is 0 Å². The van der Waals surface area contributed by atoms with E-state index in [2.05, 4.69) is 78.9 Å². The lowest BCUT2D eigenvalue weighted by Gasteiger charge is -2.33. The SMILES string of the molecule is c1ccc2c(c1)Sc1cccc3c1B2c1ccc2ccccc2c1S3. The molecule has 2 aliphatic heterocycles. The highest BCUT2D eigenvalue weighted by Gasteiger charge is 2.37. The first-order chi connectivity index (χ1) is 12.4. The number of benzene rings is 4. The summed E-state index contributed by atoms with van der Waals surface area (Å²) in [5.41, 5.74) is 4.40. The predicted octanol–water partition coefficient (Wildman–Crippen LogP) is 4.29. The lowest BCUT2D eigenvalue weighted by Crippen LogP contribution is -2.57. The van der Waals surface area contributed by atoms with Crippen LogP contribution >= 0.6 is 23.5 Å². The second-order valence-corrected chi connectivity index (χ2v) is 8.68. The number of hydrogen-bond donors (Lipinski definition) is 0. The van der Waals surface area contributed by atoms with E-state index in [1.165, 1.54) is 46.7 Å². The van der Waals surface area contributed by atoms with Crippen molar-refractivity contribution in [3.05, 3.63) is 78.9 Å². The van der Waals surface area contributed by atoms with Crippen LogP contribution in [0, 0.1) is 0 Å². The summed E-state index contributed by atoms with van der Waals surface area (Å²) in [5.74, 6) is 0. The average Bonchev–Trinajstić information content (AvgIpc) is 2.67. The lowest BCUT2D eigenvalue weighted by atomic mass is 9.36. The van der Waals surface area contributed by atoms with Gasteiger partial charge >= 0.3 is 0 Å². The summed E-state index contributed by atoms with van der Waals surface area (Å²) in [4.78, 5) is 5.64. The Morgan fingerprint density at radius 1 is 0.560 bits per heavy atom. The van der Waals surface area contributed by atoms with Crippen LogP contribution < -0.4 is 16.4 Å². The zero-order valence-corrected chi connectivity index (χ0v) is 15.0. The van der Waals surface area contributed by atoms with Gasteiger partial charge in [0.15, 0.2) is 0 Å². The van der Waals surface area contributed by atoms with E-state index in [0.29, 0.717) is 6.71 Å². The number of rotatable bonds is 0. The summed E-state index contributed by atoms with van der Waals surface area (Å²) in [5, 5.41) is 2.70. The van der Waals surface area contributed by atoms with E-state index in [0.717, 1.165) is 0 Å². The second kappa shape index (κ2) is 5.20. The minimum atomic E-state index is 0.351. The fraction of sp³-hybridized carbons (Fsp3) is 0. The molecule has 0 spiro atoms. The summed E-state index contributed by atoms with van der Waals surface area (Å²) in [7, 11) is 0. The molecule has 0 atom stereocenters. The van der Waals surface area contributed by atoms with Gasteiger partial charge in [0.2, 0.25) is 6.71 Å². The van der Waals surface area contributed by atoms with Crippen molar-refractivity contribution < 1.29 is 0 Å². The quantitative estimate of drug-likeness (QED) is 0.374. The smallest absolute Gasteiger partial charge is 0.0911 e. The molecule has 2 heterocycles. The van der Waals surface area contributed by atoms with E-state index < -0.39 is 0 Å². The molecule has 0 amide bonds. The van der Waals surface area contributed by atoms with Gasteiger partial charge in [-0.1, -0.05) is 95.1 Å². The van der Waals surface area contributed by atoms with Gasteiger partial charge in [0.05, 0.1) is 0 Å². The van der Waals surface area contributed by atoms with Gasteiger partial charge in [0.25, 0.3) is 0 Å². The van der Waals surface area contributed by atoms with Crippen LogP contribution in [0.15, 0.2) is 98.4 Å². The molecule has 0 radical (unpaired) electrons. The monoisotopic (exact) mass is 352 g/mol. The molecule has 0 bridgehead atoms. The molecule has 2 aliphatic rings. The van der Waals surface area contributed by atoms with Gasteiger partial charge in [-0.25, -0.2) is 0 Å². The standard InChI is InChI=1S/C22H13BS2/c1-2-7-15-14(6-1)12-13-17-22(15)25-20-11-5-10-19-21(20)23(17)16-8-3-4-9-18(16)24-19/h1-13H. The second-order valence-electron chi connectivity index (χ2n) is 6.55. The van der Waals surface area contributed by atoms with Crippen molar-refractivity contribution in [2.24, 2.45) is 0 Å². The lowest BCUT2D eigenvalue weighted by molar-refractivity contribution is 1.34. The summed E-state index contributed by atoms with van der Waals surface area (Å²) >= 11 is 3.86. The Labute approximate surface area is 155 Å². The van der Waals surface area contributed by atoms with Crippen molar-refractivity contribution in [2.45, 2.75) is 19.6 Å². The third-order valence-electron chi connectivity index (χ3n) is 5.20. The summed E-state index contributed by atoms with van der Waals surface area (Å²) in [6, 6.07) is 29.1. The predicted molar refractivity (Wildman–Crippen MR) is 110 cm³/mol. The van der Waals surface area contributed by atoms with Crippen LogP contribution in [0.25, 0.3) is 10.8 Å². The molecule has 0 unspecified atom stereocenters. The molecule has 0 fully saturated rings. The molecule has 0 N–H and O–H groups in total. The molecule has 4 aromatic carbocycles. The van der Waals surface area contributed by atoms with Crippen LogP contribution in [-0.4, -0.2) is 6.71 Å². The third-order valence-corrected chi connectivity index (χ3v) is 7.60. The molecule has 4 aromatic rings. The van der Waals surface area contributed by atoms with E-state index >= 15 is 0 Å². The molecule has 0 saturated carbocycles. The van der Waals surface area contributed by atoms with Gasteiger partial charge in [0, 0.05) is 19.6 Å². The molecule has 3 heteroatoms. The van der Waals surface area contributed by atoms with E-state index in [4.69, 9.17) is 0 Å². The van der Waals surface area contributed by atoms with Crippen molar-refractivity contribution in [3.63, 3.8) is 0 Å². The molecule has 0 aliphatic carbocycles. The first-order valence-electron chi connectivity index (χ1n) is 8.49. The highest BCUT2D eigenvalue weighted by Crippen LogP contribution is 2.40. The van der Waals surface area contributed by atoms with Crippen LogP contribution in [0.3, 0.4) is 0 Å². The molecule has 6 rings (SSSR count). The topological polar surface area (TPSA) is 0 Å². The van der Waals surface area contributed by atoms with Gasteiger partial charge < -0.3 is 0 Å². The van der Waals surface area contributed by atoms with Crippen LogP contribution in [0.2, 0.25) is 0 Å². The molecular weight excluding hydrogens is 339 g/mol. The summed E-state index contributed by atoms with van der Waals surface area (Å²) < 4.78 is 0. The fourth-order valence-electron chi connectivity index (χ4n) is 4.11. The maximum atomic E-state index is 2.35. The van der Waals surface area contributed by atoms with Crippen molar-refractivity contribution in [3.8, 4) is 0 Å². The highest BCUT2D eigenvalue weighted by molar-refractivity contribution is 8.01. The molecule has 116 valence electrons. The Hall–Kier alpha value is -2.10. The highest BCUT2D eigenvalue weighted by atomic mass is 32.2. The largest absolute Gasteiger partial charge is 0.247 e. The molecule has 25 heavy (non-hydrogen) atoms. The molecule has 0 aromatic heterocycles. The van der Waals surface area contributed by atoms with E-state index in [1.54, 1.807) is 0 Å². The Bertz CT molecular complexity index is 1170. The Morgan fingerprint density at radius 3 is 2.28 bits per heavy atom. The van der Waals surface area contributed by atoms with Crippen molar-refractivity contribution in [1.82, 2.24) is 0 Å². The van der Waals surface area contributed by atoms with E-state index in [-0.39, 0.29) is 0 Å². The minimum absolute atomic E-state index is 0.351. The van der Waals surface area contributed by atoms with Crippen molar-refractivity contribution in [2.75, 3.05) is 0 Å². The summed E-state index contributed by atoms with van der Waals surface area (Å²) in [6.07, 6.45) is 0. The maximum Gasteiger partial charge on any atom is 0.247 e. The zero-order chi connectivity index (χ0) is 16.4. The number of fused-ring (bicyclic) bond motifs is 6. The maximum absolute atomic E-state index is 2.35. The molecule has 0 saturated heterocycles. The Kier molecular flexibility index (Phi) is 2.94. The third kappa shape index (κ3) is 1.94. The first kappa shape index (κ1) is 14.1. The normalized spacial score (nSPS) is 14.0. The number of hydrogen-bond acceptors (Lipinski definition) is 2. The van der Waals surface area contributed by atoms with E-state index in [9.17, 15) is 0 Å². The average molecular weight is 352 g/mol. The van der Waals surface area contributed by atoms with Crippen molar-refractivity contribution >= 4 is 57.4 Å². The zero-order valence-electron chi connectivity index (χ0n) is 13.4. The minimum Gasteiger partial charge on any atom is -0.0911 e. The van der Waals surface area contributed by atoms with Gasteiger partial charge in [-0.05, 0) is 34.4 Å². The first-order valence-corrected chi connectivity index (χ1v) is 10.1. The van der Waals surface area contributed by atoms with Gasteiger partial charge in [-0.2, -0.15) is 0 Å². The molecule has 0 nitrogen and oxygen atoms in total. The Balaban J connectivity index is 1.73. The van der Waals surface area contributed by atoms with E-state index in [1.807, 2.05) is 23.5 Å². The molecular formula is C22H13BS2. The van der Waals surface area contributed by atoms with Crippen LogP contribution in [0.1, 0.15) is 0 Å². The van der Waals surface area contributed by atoms with Crippen molar-refractivity contribution in [1.29, 1.82) is 0 Å². The van der Waals surface area contributed by atoms with Gasteiger partial charge in [0.1, 0.15) is 0 Å². The fourth-order valence-corrected chi connectivity index (χ4v) is 6.65. The Morgan fingerprint density at radius 2 is 1.32 bits per heavy atom. The van der Waals surface area contributed by atoms with Crippen LogP contribution in [-0.2, 0) is 0 Å². The van der Waals surface area contributed by atoms with Crippen LogP contribution in [0.5, 0.6) is 0 Å².